The molecule has 9 heteroatoms. The molecule has 2 aromatic rings. The molecule has 8 nitrogen and oxygen atoms in total. The van der Waals surface area contributed by atoms with Crippen molar-refractivity contribution in [2.24, 2.45) is 0 Å². The van der Waals surface area contributed by atoms with Crippen LogP contribution in [0.3, 0.4) is 0 Å². The molecule has 0 fully saturated rings. The molecule has 0 atom stereocenters. The molecule has 150 valence electrons. The monoisotopic (exact) mass is 390 g/mol. The Bertz CT molecular complexity index is 981. The van der Waals surface area contributed by atoms with Gasteiger partial charge in [-0.1, -0.05) is 25.1 Å². The number of hydrogen-bond donors (Lipinski definition) is 2. The van der Waals surface area contributed by atoms with Gasteiger partial charge in [0.25, 0.3) is 11.5 Å². The van der Waals surface area contributed by atoms with Gasteiger partial charge in [0.15, 0.2) is 5.69 Å². The third-order valence-corrected chi connectivity index (χ3v) is 4.03. The zero-order chi connectivity index (χ0) is 20.7. The fourth-order valence-electron chi connectivity index (χ4n) is 2.66. The number of amides is 1. The summed E-state index contributed by atoms with van der Waals surface area (Å²) in [6, 6.07) is 5.97. The number of rotatable bonds is 8. The fraction of sp³-hybridized carbons (Fsp3) is 0.316. The first-order valence-corrected chi connectivity index (χ1v) is 8.76. The number of hydrogen-bond acceptors (Lipinski definition) is 5. The summed E-state index contributed by atoms with van der Waals surface area (Å²) in [5.74, 6) is -1.19. The van der Waals surface area contributed by atoms with E-state index in [9.17, 15) is 18.8 Å². The van der Waals surface area contributed by atoms with Crippen molar-refractivity contribution in [3.8, 4) is 0 Å². The van der Waals surface area contributed by atoms with Crippen molar-refractivity contribution >= 4 is 23.5 Å². The molecule has 0 unspecified atom stereocenters. The highest BCUT2D eigenvalue weighted by atomic mass is 19.1. The van der Waals surface area contributed by atoms with Crippen LogP contribution in [0.15, 0.2) is 39.9 Å². The molecule has 0 spiro atoms. The molecule has 0 radical (unpaired) electrons. The van der Waals surface area contributed by atoms with Crippen molar-refractivity contribution < 1.29 is 13.9 Å². The van der Waals surface area contributed by atoms with E-state index in [0.29, 0.717) is 6.42 Å². The van der Waals surface area contributed by atoms with E-state index in [2.05, 4.69) is 4.98 Å². The van der Waals surface area contributed by atoms with Gasteiger partial charge in [-0.05, 0) is 18.6 Å². The molecule has 2 rings (SSSR count). The first kappa shape index (κ1) is 21.1. The van der Waals surface area contributed by atoms with Crippen LogP contribution in [0.25, 0.3) is 6.08 Å². The lowest BCUT2D eigenvalue weighted by molar-refractivity contribution is -0.114. The minimum Gasteiger partial charge on any atom is -0.383 e. The van der Waals surface area contributed by atoms with Gasteiger partial charge in [0.05, 0.1) is 6.61 Å². The van der Waals surface area contributed by atoms with Crippen LogP contribution < -0.4 is 21.9 Å². The molecule has 28 heavy (non-hydrogen) atoms. The molecule has 0 saturated heterocycles. The summed E-state index contributed by atoms with van der Waals surface area (Å²) in [7, 11) is 1.45. The molecule has 0 bridgehead atoms. The third-order valence-electron chi connectivity index (χ3n) is 4.03. The normalized spacial score (nSPS) is 11.1. The van der Waals surface area contributed by atoms with Crippen LogP contribution in [-0.2, 0) is 16.1 Å². The summed E-state index contributed by atoms with van der Waals surface area (Å²) >= 11 is 0. The predicted molar refractivity (Wildman–Crippen MR) is 106 cm³/mol. The van der Waals surface area contributed by atoms with Crippen LogP contribution in [0.2, 0.25) is 0 Å². The summed E-state index contributed by atoms with van der Waals surface area (Å²) in [5, 5.41) is 0. The minimum atomic E-state index is -0.779. The molecule has 0 aliphatic heterocycles. The van der Waals surface area contributed by atoms with E-state index < -0.39 is 23.0 Å². The Hall–Kier alpha value is -3.20. The Morgan fingerprint density at radius 2 is 2.07 bits per heavy atom. The highest BCUT2D eigenvalue weighted by Gasteiger charge is 2.22. The van der Waals surface area contributed by atoms with Gasteiger partial charge < -0.3 is 10.5 Å². The van der Waals surface area contributed by atoms with Crippen LogP contribution in [0.1, 0.15) is 18.9 Å². The van der Waals surface area contributed by atoms with Crippen molar-refractivity contribution in [3.63, 3.8) is 0 Å². The van der Waals surface area contributed by atoms with Gasteiger partial charge >= 0.3 is 5.69 Å². The molecule has 1 aromatic carbocycles. The van der Waals surface area contributed by atoms with Crippen molar-refractivity contribution in [1.29, 1.82) is 0 Å². The number of aromatic nitrogens is 2. The van der Waals surface area contributed by atoms with Gasteiger partial charge in [-0.3, -0.25) is 24.0 Å². The molecule has 0 aliphatic carbocycles. The van der Waals surface area contributed by atoms with E-state index in [1.54, 1.807) is 6.07 Å². The number of nitrogens with one attached hydrogen (secondary N) is 1. The number of carbonyl (C=O) groups excluding carboxylic acids is 1. The maximum atomic E-state index is 13.8. The Morgan fingerprint density at radius 3 is 2.71 bits per heavy atom. The van der Waals surface area contributed by atoms with Gasteiger partial charge in [-0.25, -0.2) is 9.18 Å². The molecule has 1 heterocycles. The largest absolute Gasteiger partial charge is 0.383 e. The zero-order valence-corrected chi connectivity index (χ0v) is 15.8. The van der Waals surface area contributed by atoms with Crippen LogP contribution in [-0.4, -0.2) is 35.7 Å². The zero-order valence-electron chi connectivity index (χ0n) is 15.8. The summed E-state index contributed by atoms with van der Waals surface area (Å²) < 4.78 is 20.0. The van der Waals surface area contributed by atoms with E-state index in [4.69, 9.17) is 10.5 Å². The SMILES string of the molecule is CCCn1c(N)c(N(CCOC)C(=O)/C=C/c2ccccc2F)c(=O)[nH]c1=O. The van der Waals surface area contributed by atoms with Gasteiger partial charge in [-0.15, -0.1) is 0 Å². The topological polar surface area (TPSA) is 110 Å². The van der Waals surface area contributed by atoms with E-state index >= 15 is 0 Å². The number of nitrogens with zero attached hydrogens (tertiary/aromatic N) is 2. The number of halogens is 1. The van der Waals surface area contributed by atoms with Crippen LogP contribution >= 0.6 is 0 Å². The maximum absolute atomic E-state index is 13.8. The Balaban J connectivity index is 2.48. The molecule has 0 aliphatic rings. The number of aromatic amines is 1. The number of ether oxygens (including phenoxy) is 1. The highest BCUT2D eigenvalue weighted by Crippen LogP contribution is 2.18. The second kappa shape index (κ2) is 9.65. The van der Waals surface area contributed by atoms with Gasteiger partial charge in [0.1, 0.15) is 11.6 Å². The van der Waals surface area contributed by atoms with E-state index in [1.807, 2.05) is 6.92 Å². The average Bonchev–Trinajstić information content (AvgIpc) is 2.66. The predicted octanol–water partition coefficient (Wildman–Crippen LogP) is 1.36. The smallest absolute Gasteiger partial charge is 0.330 e. The Morgan fingerprint density at radius 1 is 1.36 bits per heavy atom. The molecule has 1 aromatic heterocycles. The number of nitrogens with two attached hydrogens (primary N) is 1. The van der Waals surface area contributed by atoms with Crippen LogP contribution in [0.5, 0.6) is 0 Å². The second-order valence-electron chi connectivity index (χ2n) is 5.98. The third kappa shape index (κ3) is 4.74. The first-order valence-electron chi connectivity index (χ1n) is 8.76. The van der Waals surface area contributed by atoms with Crippen LogP contribution in [0, 0.1) is 5.82 Å². The standard InChI is InChI=1S/C19H23FN4O4/c1-3-10-24-17(21)16(18(26)22-19(24)27)23(11-12-28-2)15(25)9-8-13-6-4-5-7-14(13)20/h4-9H,3,10-12,21H2,1-2H3,(H,22,26,27)/b9-8+. The average molecular weight is 390 g/mol. The lowest BCUT2D eigenvalue weighted by Crippen LogP contribution is -2.42. The molecule has 1 amide bonds. The fourth-order valence-corrected chi connectivity index (χ4v) is 2.66. The van der Waals surface area contributed by atoms with E-state index in [-0.39, 0.29) is 36.8 Å². The van der Waals surface area contributed by atoms with Gasteiger partial charge in [-0.2, -0.15) is 0 Å². The first-order chi connectivity index (χ1) is 13.4. The number of carbonyl (C=O) groups is 1. The van der Waals surface area contributed by atoms with Gasteiger partial charge in [0, 0.05) is 31.8 Å². The van der Waals surface area contributed by atoms with Crippen molar-refractivity contribution in [2.45, 2.75) is 19.9 Å². The molecule has 3 N–H and O–H groups in total. The minimum absolute atomic E-state index is 0.0224. The molecular formula is C19H23FN4O4. The quantitative estimate of drug-likeness (QED) is 0.662. The van der Waals surface area contributed by atoms with E-state index in [0.717, 1.165) is 11.0 Å². The van der Waals surface area contributed by atoms with Crippen molar-refractivity contribution in [2.75, 3.05) is 30.9 Å². The number of nitrogen functional groups attached to an aromatic ring is 1. The Labute approximate surface area is 161 Å². The molecular weight excluding hydrogens is 367 g/mol. The number of benzene rings is 1. The molecule has 0 saturated carbocycles. The van der Waals surface area contributed by atoms with E-state index in [1.165, 1.54) is 36.0 Å². The number of H-pyrrole nitrogens is 1. The maximum Gasteiger partial charge on any atom is 0.330 e. The number of anilines is 2. The lowest BCUT2D eigenvalue weighted by atomic mass is 10.2. The Kier molecular flexibility index (Phi) is 7.28. The summed E-state index contributed by atoms with van der Waals surface area (Å²) in [6.45, 7) is 2.28. The summed E-state index contributed by atoms with van der Waals surface area (Å²) in [5.41, 5.74) is 4.69. The van der Waals surface area contributed by atoms with Crippen LogP contribution in [0.4, 0.5) is 15.9 Å². The van der Waals surface area contributed by atoms with Gasteiger partial charge in [0.2, 0.25) is 0 Å². The van der Waals surface area contributed by atoms with Crippen molar-refractivity contribution in [1.82, 2.24) is 9.55 Å². The second-order valence-corrected chi connectivity index (χ2v) is 5.98. The lowest BCUT2D eigenvalue weighted by Gasteiger charge is -2.23. The summed E-state index contributed by atoms with van der Waals surface area (Å²) in [4.78, 5) is 40.4. The summed E-state index contributed by atoms with van der Waals surface area (Å²) in [6.07, 6.45) is 3.06. The van der Waals surface area contributed by atoms with Crippen molar-refractivity contribution in [3.05, 3.63) is 62.6 Å². The number of methoxy groups -OCH3 is 1. The highest BCUT2D eigenvalue weighted by molar-refractivity contribution is 6.05.